The van der Waals surface area contributed by atoms with E-state index in [0.717, 1.165) is 37.0 Å². The summed E-state index contributed by atoms with van der Waals surface area (Å²) in [6.07, 6.45) is 3.88. The SMILES string of the molecule is CCN(CC(=O)O)C1CC(NCc2ccc3c(c2)ncn3C)C1. The predicted octanol–water partition coefficient (Wildman–Crippen LogP) is 1.60. The van der Waals surface area contributed by atoms with E-state index < -0.39 is 5.97 Å². The van der Waals surface area contributed by atoms with Gasteiger partial charge in [-0.05, 0) is 37.1 Å². The molecule has 1 fully saturated rings. The van der Waals surface area contributed by atoms with Crippen LogP contribution in [0.15, 0.2) is 24.5 Å². The summed E-state index contributed by atoms with van der Waals surface area (Å²) in [7, 11) is 2.00. The van der Waals surface area contributed by atoms with Gasteiger partial charge in [0.15, 0.2) is 0 Å². The van der Waals surface area contributed by atoms with Crippen LogP contribution in [0.1, 0.15) is 25.3 Å². The normalized spacial score (nSPS) is 20.8. The third kappa shape index (κ3) is 3.54. The molecular weight excluding hydrogens is 292 g/mol. The highest BCUT2D eigenvalue weighted by Crippen LogP contribution is 2.26. The Balaban J connectivity index is 1.49. The van der Waals surface area contributed by atoms with Gasteiger partial charge in [-0.15, -0.1) is 0 Å². The number of aliphatic carboxylic acids is 1. The number of aryl methyl sites for hydroxylation is 1. The summed E-state index contributed by atoms with van der Waals surface area (Å²) < 4.78 is 2.02. The number of hydrogen-bond acceptors (Lipinski definition) is 4. The lowest BCUT2D eigenvalue weighted by Crippen LogP contribution is -2.53. The van der Waals surface area contributed by atoms with Crippen LogP contribution < -0.4 is 5.32 Å². The molecule has 124 valence electrons. The maximum Gasteiger partial charge on any atom is 0.317 e. The number of nitrogens with one attached hydrogen (secondary N) is 1. The number of carbonyl (C=O) groups is 1. The molecule has 1 aliphatic carbocycles. The lowest BCUT2D eigenvalue weighted by molar-refractivity contribution is -0.139. The minimum Gasteiger partial charge on any atom is -0.480 e. The highest BCUT2D eigenvalue weighted by atomic mass is 16.4. The highest BCUT2D eigenvalue weighted by Gasteiger charge is 2.33. The summed E-state index contributed by atoms with van der Waals surface area (Å²) >= 11 is 0. The van der Waals surface area contributed by atoms with E-state index in [9.17, 15) is 4.79 Å². The summed E-state index contributed by atoms with van der Waals surface area (Å²) in [5.74, 6) is -0.744. The average Bonchev–Trinajstić information content (AvgIpc) is 2.85. The summed E-state index contributed by atoms with van der Waals surface area (Å²) in [6.45, 7) is 3.78. The quantitative estimate of drug-likeness (QED) is 0.812. The maximum absolute atomic E-state index is 10.8. The molecular formula is C17H24N4O2. The van der Waals surface area contributed by atoms with Crippen molar-refractivity contribution in [3.8, 4) is 0 Å². The molecule has 1 aliphatic rings. The second kappa shape index (κ2) is 6.68. The van der Waals surface area contributed by atoms with E-state index in [0.29, 0.717) is 12.1 Å². The molecule has 0 saturated heterocycles. The van der Waals surface area contributed by atoms with Gasteiger partial charge >= 0.3 is 5.97 Å². The van der Waals surface area contributed by atoms with E-state index in [4.69, 9.17) is 5.11 Å². The molecule has 1 heterocycles. The Kier molecular flexibility index (Phi) is 4.63. The first-order chi connectivity index (χ1) is 11.1. The van der Waals surface area contributed by atoms with Crippen LogP contribution in [0, 0.1) is 0 Å². The molecule has 0 amide bonds. The number of carboxylic acid groups (broad SMARTS) is 1. The number of rotatable bonds is 7. The first-order valence-electron chi connectivity index (χ1n) is 8.16. The fraction of sp³-hybridized carbons (Fsp3) is 0.529. The molecule has 3 rings (SSSR count). The monoisotopic (exact) mass is 316 g/mol. The van der Waals surface area contributed by atoms with Crippen molar-refractivity contribution < 1.29 is 9.90 Å². The second-order valence-electron chi connectivity index (χ2n) is 6.34. The van der Waals surface area contributed by atoms with Crippen molar-refractivity contribution in [2.45, 2.75) is 38.4 Å². The molecule has 0 radical (unpaired) electrons. The Hall–Kier alpha value is -1.92. The van der Waals surface area contributed by atoms with Gasteiger partial charge in [-0.3, -0.25) is 9.69 Å². The van der Waals surface area contributed by atoms with E-state index in [1.54, 1.807) is 0 Å². The molecule has 0 bridgehead atoms. The zero-order valence-electron chi connectivity index (χ0n) is 13.7. The first-order valence-corrected chi connectivity index (χ1v) is 8.16. The minimum atomic E-state index is -0.744. The number of aromatic nitrogens is 2. The van der Waals surface area contributed by atoms with Crippen LogP contribution in [0.4, 0.5) is 0 Å². The largest absolute Gasteiger partial charge is 0.480 e. The zero-order chi connectivity index (χ0) is 16.4. The van der Waals surface area contributed by atoms with Crippen LogP contribution in [0.3, 0.4) is 0 Å². The molecule has 6 nitrogen and oxygen atoms in total. The third-order valence-corrected chi connectivity index (χ3v) is 4.76. The standard InChI is InChI=1S/C17H24N4O2/c1-3-21(10-17(22)23)14-7-13(8-14)18-9-12-4-5-16-15(6-12)19-11-20(16)2/h4-6,11,13-14,18H,3,7-10H2,1-2H3,(H,22,23). The molecule has 2 aromatic rings. The second-order valence-corrected chi connectivity index (χ2v) is 6.34. The fourth-order valence-electron chi connectivity index (χ4n) is 3.28. The van der Waals surface area contributed by atoms with Crippen LogP contribution in [0.5, 0.6) is 0 Å². The van der Waals surface area contributed by atoms with Gasteiger partial charge in [-0.25, -0.2) is 4.98 Å². The van der Waals surface area contributed by atoms with Gasteiger partial charge in [0, 0.05) is 25.7 Å². The predicted molar refractivity (Wildman–Crippen MR) is 89.2 cm³/mol. The van der Waals surface area contributed by atoms with Crippen molar-refractivity contribution in [2.75, 3.05) is 13.1 Å². The van der Waals surface area contributed by atoms with Crippen molar-refractivity contribution in [3.05, 3.63) is 30.1 Å². The smallest absolute Gasteiger partial charge is 0.317 e. The van der Waals surface area contributed by atoms with Gasteiger partial charge in [-0.1, -0.05) is 13.0 Å². The minimum absolute atomic E-state index is 0.143. The molecule has 2 N–H and O–H groups in total. The fourth-order valence-corrected chi connectivity index (χ4v) is 3.28. The van der Waals surface area contributed by atoms with Crippen molar-refractivity contribution in [1.29, 1.82) is 0 Å². The Labute approximate surface area is 136 Å². The summed E-state index contributed by atoms with van der Waals surface area (Å²) in [6, 6.07) is 7.24. The summed E-state index contributed by atoms with van der Waals surface area (Å²) in [5, 5.41) is 12.5. The molecule has 6 heteroatoms. The van der Waals surface area contributed by atoms with E-state index in [1.165, 1.54) is 5.56 Å². The van der Waals surface area contributed by atoms with Crippen molar-refractivity contribution in [1.82, 2.24) is 19.8 Å². The van der Waals surface area contributed by atoms with Gasteiger partial charge in [-0.2, -0.15) is 0 Å². The Morgan fingerprint density at radius 3 is 2.96 bits per heavy atom. The molecule has 1 aromatic heterocycles. The molecule has 1 saturated carbocycles. The summed E-state index contributed by atoms with van der Waals surface area (Å²) in [5.41, 5.74) is 3.40. The lowest BCUT2D eigenvalue weighted by Gasteiger charge is -2.42. The van der Waals surface area contributed by atoms with Gasteiger partial charge in [0.05, 0.1) is 23.9 Å². The number of nitrogens with zero attached hydrogens (tertiary/aromatic N) is 3. The lowest BCUT2D eigenvalue weighted by atomic mass is 9.85. The van der Waals surface area contributed by atoms with Crippen LogP contribution in [-0.4, -0.2) is 50.7 Å². The summed E-state index contributed by atoms with van der Waals surface area (Å²) in [4.78, 5) is 17.3. The number of carboxylic acids is 1. The number of benzene rings is 1. The first kappa shape index (κ1) is 16.0. The Bertz CT molecular complexity index is 691. The topological polar surface area (TPSA) is 70.4 Å². The Morgan fingerprint density at radius 1 is 1.48 bits per heavy atom. The van der Waals surface area contributed by atoms with Crippen LogP contribution in [0.2, 0.25) is 0 Å². The van der Waals surface area contributed by atoms with Gasteiger partial charge in [0.2, 0.25) is 0 Å². The average molecular weight is 316 g/mol. The van der Waals surface area contributed by atoms with Crippen LogP contribution in [-0.2, 0) is 18.4 Å². The van der Waals surface area contributed by atoms with Crippen molar-refractivity contribution in [3.63, 3.8) is 0 Å². The van der Waals surface area contributed by atoms with E-state index in [2.05, 4.69) is 28.5 Å². The molecule has 0 unspecified atom stereocenters. The highest BCUT2D eigenvalue weighted by molar-refractivity contribution is 5.75. The van der Waals surface area contributed by atoms with E-state index in [-0.39, 0.29) is 6.54 Å². The third-order valence-electron chi connectivity index (χ3n) is 4.76. The van der Waals surface area contributed by atoms with E-state index in [1.807, 2.05) is 29.8 Å². The molecule has 0 spiro atoms. The van der Waals surface area contributed by atoms with Gasteiger partial charge in [0.1, 0.15) is 0 Å². The van der Waals surface area contributed by atoms with Crippen LogP contribution in [0.25, 0.3) is 11.0 Å². The number of hydrogen-bond donors (Lipinski definition) is 2. The van der Waals surface area contributed by atoms with Gasteiger partial charge < -0.3 is 15.0 Å². The molecule has 1 aromatic carbocycles. The van der Waals surface area contributed by atoms with Crippen molar-refractivity contribution >= 4 is 17.0 Å². The number of imidazole rings is 1. The van der Waals surface area contributed by atoms with Crippen molar-refractivity contribution in [2.24, 2.45) is 7.05 Å². The molecule has 0 atom stereocenters. The zero-order valence-corrected chi connectivity index (χ0v) is 13.7. The van der Waals surface area contributed by atoms with Crippen LogP contribution >= 0.6 is 0 Å². The molecule has 0 aliphatic heterocycles. The van der Waals surface area contributed by atoms with Gasteiger partial charge in [0.25, 0.3) is 0 Å². The maximum atomic E-state index is 10.8. The Morgan fingerprint density at radius 2 is 2.26 bits per heavy atom. The number of fused-ring (bicyclic) bond motifs is 1. The molecule has 23 heavy (non-hydrogen) atoms. The van der Waals surface area contributed by atoms with E-state index >= 15 is 0 Å². The number of likely N-dealkylation sites (N-methyl/N-ethyl adjacent to an activating group) is 1.